The number of anilines is 2. The fraction of sp³-hybridized carbons (Fsp3) is 0.179. The monoisotopic (exact) mass is 485 g/mol. The molecule has 3 amide bonds. The van der Waals surface area contributed by atoms with Crippen molar-refractivity contribution < 1.29 is 14.0 Å². The van der Waals surface area contributed by atoms with Gasteiger partial charge in [-0.3, -0.25) is 4.79 Å². The number of aryl methyl sites for hydroxylation is 1. The number of nitrogens with one attached hydrogen (secondary N) is 2. The summed E-state index contributed by atoms with van der Waals surface area (Å²) in [5.74, 6) is -0.341. The van der Waals surface area contributed by atoms with Crippen LogP contribution in [0, 0.1) is 12.7 Å². The standard InChI is InChI=1S/C28H28FN5O2/c1-19(2)33(28(36)30-24-12-8-7-9-20(24)3)18-27(35)31-26-17-25(21-10-5-4-6-11-21)32-34(26)23-15-13-22(29)14-16-23/h4-17,19H,18H2,1-3H3,(H,30,36)(H,31,35). The summed E-state index contributed by atoms with van der Waals surface area (Å²) in [4.78, 5) is 27.5. The van der Waals surface area contributed by atoms with Gasteiger partial charge in [0.05, 0.1) is 11.4 Å². The van der Waals surface area contributed by atoms with E-state index >= 15 is 0 Å². The van der Waals surface area contributed by atoms with Crippen LogP contribution in [0.1, 0.15) is 19.4 Å². The molecule has 0 aliphatic heterocycles. The minimum absolute atomic E-state index is 0.162. The number of urea groups is 1. The molecule has 7 nitrogen and oxygen atoms in total. The highest BCUT2D eigenvalue weighted by Gasteiger charge is 2.22. The van der Waals surface area contributed by atoms with Crippen LogP contribution in [-0.4, -0.2) is 39.2 Å². The van der Waals surface area contributed by atoms with E-state index in [-0.39, 0.29) is 30.3 Å². The van der Waals surface area contributed by atoms with Crippen LogP contribution in [0.2, 0.25) is 0 Å². The van der Waals surface area contributed by atoms with Crippen molar-refractivity contribution in [3.05, 3.63) is 96.3 Å². The van der Waals surface area contributed by atoms with Gasteiger partial charge in [0.1, 0.15) is 18.2 Å². The van der Waals surface area contributed by atoms with E-state index in [2.05, 4.69) is 15.7 Å². The average Bonchev–Trinajstić information content (AvgIpc) is 3.28. The highest BCUT2D eigenvalue weighted by molar-refractivity contribution is 5.97. The van der Waals surface area contributed by atoms with Crippen molar-refractivity contribution in [2.75, 3.05) is 17.2 Å². The fourth-order valence-corrected chi connectivity index (χ4v) is 3.73. The van der Waals surface area contributed by atoms with Crippen LogP contribution in [-0.2, 0) is 4.79 Å². The first-order chi connectivity index (χ1) is 17.3. The first kappa shape index (κ1) is 24.7. The number of carbonyl (C=O) groups excluding carboxylic acids is 2. The quantitative estimate of drug-likeness (QED) is 0.344. The van der Waals surface area contributed by atoms with E-state index in [1.165, 1.54) is 17.0 Å². The lowest BCUT2D eigenvalue weighted by Crippen LogP contribution is -2.44. The first-order valence-electron chi connectivity index (χ1n) is 11.7. The summed E-state index contributed by atoms with van der Waals surface area (Å²) in [7, 11) is 0. The summed E-state index contributed by atoms with van der Waals surface area (Å²) in [6.45, 7) is 5.44. The van der Waals surface area contributed by atoms with Crippen LogP contribution in [0.25, 0.3) is 16.9 Å². The zero-order chi connectivity index (χ0) is 25.7. The molecule has 1 aromatic heterocycles. The van der Waals surface area contributed by atoms with E-state index in [0.717, 1.165) is 11.1 Å². The van der Waals surface area contributed by atoms with E-state index in [9.17, 15) is 14.0 Å². The smallest absolute Gasteiger partial charge is 0.313 e. The van der Waals surface area contributed by atoms with Crippen LogP contribution in [0.3, 0.4) is 0 Å². The molecule has 0 atom stereocenters. The molecule has 1 heterocycles. The summed E-state index contributed by atoms with van der Waals surface area (Å²) < 4.78 is 15.1. The maximum absolute atomic E-state index is 13.5. The molecule has 0 radical (unpaired) electrons. The van der Waals surface area contributed by atoms with Crippen molar-refractivity contribution in [3.63, 3.8) is 0 Å². The third-order valence-electron chi connectivity index (χ3n) is 5.70. The lowest BCUT2D eigenvalue weighted by atomic mass is 10.1. The number of nitrogens with zero attached hydrogens (tertiary/aromatic N) is 3. The molecule has 0 fully saturated rings. The zero-order valence-electron chi connectivity index (χ0n) is 20.4. The Morgan fingerprint density at radius 1 is 0.944 bits per heavy atom. The van der Waals surface area contributed by atoms with Gasteiger partial charge in [0.25, 0.3) is 0 Å². The molecule has 0 saturated heterocycles. The van der Waals surface area contributed by atoms with Gasteiger partial charge in [-0.2, -0.15) is 5.10 Å². The molecule has 4 rings (SSSR count). The van der Waals surface area contributed by atoms with Gasteiger partial charge >= 0.3 is 6.03 Å². The Morgan fingerprint density at radius 2 is 1.61 bits per heavy atom. The third kappa shape index (κ3) is 5.78. The number of para-hydroxylation sites is 1. The molecule has 0 saturated carbocycles. The zero-order valence-corrected chi connectivity index (χ0v) is 20.4. The number of hydrogen-bond donors (Lipinski definition) is 2. The van der Waals surface area contributed by atoms with Gasteiger partial charge in [0, 0.05) is 23.4 Å². The Labute approximate surface area is 209 Å². The molecule has 3 aromatic carbocycles. The van der Waals surface area contributed by atoms with Gasteiger partial charge in [0.15, 0.2) is 0 Å². The van der Waals surface area contributed by atoms with Crippen molar-refractivity contribution in [1.29, 1.82) is 0 Å². The average molecular weight is 486 g/mol. The second-order valence-corrected chi connectivity index (χ2v) is 8.68. The second-order valence-electron chi connectivity index (χ2n) is 8.68. The van der Waals surface area contributed by atoms with Crippen LogP contribution < -0.4 is 10.6 Å². The normalized spacial score (nSPS) is 10.8. The summed E-state index contributed by atoms with van der Waals surface area (Å²) in [5.41, 5.74) is 3.72. The number of carbonyl (C=O) groups is 2. The Bertz CT molecular complexity index is 1350. The molecule has 4 aromatic rings. The molecule has 184 valence electrons. The number of rotatable bonds is 7. The molecular weight excluding hydrogens is 457 g/mol. The summed E-state index contributed by atoms with van der Waals surface area (Å²) in [5, 5.41) is 10.4. The lowest BCUT2D eigenvalue weighted by Gasteiger charge is -2.26. The van der Waals surface area contributed by atoms with Crippen molar-refractivity contribution in [3.8, 4) is 16.9 Å². The van der Waals surface area contributed by atoms with Crippen molar-refractivity contribution in [2.24, 2.45) is 0 Å². The van der Waals surface area contributed by atoms with E-state index in [0.29, 0.717) is 22.9 Å². The molecule has 2 N–H and O–H groups in total. The largest absolute Gasteiger partial charge is 0.322 e. The highest BCUT2D eigenvalue weighted by atomic mass is 19.1. The third-order valence-corrected chi connectivity index (χ3v) is 5.70. The highest BCUT2D eigenvalue weighted by Crippen LogP contribution is 2.25. The number of benzene rings is 3. The predicted molar refractivity (Wildman–Crippen MR) is 140 cm³/mol. The Kier molecular flexibility index (Phi) is 7.44. The molecule has 0 unspecified atom stereocenters. The fourth-order valence-electron chi connectivity index (χ4n) is 3.73. The Balaban J connectivity index is 1.57. The van der Waals surface area contributed by atoms with Gasteiger partial charge in [-0.15, -0.1) is 0 Å². The predicted octanol–water partition coefficient (Wildman–Crippen LogP) is 5.87. The van der Waals surface area contributed by atoms with Crippen LogP contribution in [0.4, 0.5) is 20.7 Å². The Hall–Kier alpha value is -4.46. The van der Waals surface area contributed by atoms with Crippen molar-refractivity contribution in [2.45, 2.75) is 26.8 Å². The van der Waals surface area contributed by atoms with E-state index in [4.69, 9.17) is 0 Å². The Morgan fingerprint density at radius 3 is 2.28 bits per heavy atom. The lowest BCUT2D eigenvalue weighted by molar-refractivity contribution is -0.117. The SMILES string of the molecule is Cc1ccccc1NC(=O)N(CC(=O)Nc1cc(-c2ccccc2)nn1-c1ccc(F)cc1)C(C)C. The molecular formula is C28H28FN5O2. The van der Waals surface area contributed by atoms with Crippen LogP contribution in [0.5, 0.6) is 0 Å². The number of hydrogen-bond acceptors (Lipinski definition) is 3. The number of halogens is 1. The second kappa shape index (κ2) is 10.9. The molecule has 0 spiro atoms. The minimum Gasteiger partial charge on any atom is -0.313 e. The molecule has 0 aliphatic rings. The van der Waals surface area contributed by atoms with Gasteiger partial charge in [-0.05, 0) is 56.7 Å². The van der Waals surface area contributed by atoms with Crippen molar-refractivity contribution in [1.82, 2.24) is 14.7 Å². The summed E-state index contributed by atoms with van der Waals surface area (Å²) in [6, 6.07) is 24.0. The molecule has 0 bridgehead atoms. The van der Waals surface area contributed by atoms with E-state index in [1.54, 1.807) is 22.9 Å². The van der Waals surface area contributed by atoms with Gasteiger partial charge in [-0.25, -0.2) is 13.9 Å². The maximum Gasteiger partial charge on any atom is 0.322 e. The molecule has 0 aliphatic carbocycles. The minimum atomic E-state index is -0.383. The summed E-state index contributed by atoms with van der Waals surface area (Å²) >= 11 is 0. The van der Waals surface area contributed by atoms with Crippen LogP contribution in [0.15, 0.2) is 84.9 Å². The van der Waals surface area contributed by atoms with Crippen LogP contribution >= 0.6 is 0 Å². The molecule has 36 heavy (non-hydrogen) atoms. The topological polar surface area (TPSA) is 79.3 Å². The maximum atomic E-state index is 13.5. The number of amides is 3. The van der Waals surface area contributed by atoms with Crippen molar-refractivity contribution >= 4 is 23.4 Å². The summed E-state index contributed by atoms with van der Waals surface area (Å²) in [6.07, 6.45) is 0. The van der Waals surface area contributed by atoms with E-state index in [1.807, 2.05) is 75.4 Å². The first-order valence-corrected chi connectivity index (χ1v) is 11.7. The van der Waals surface area contributed by atoms with E-state index < -0.39 is 0 Å². The molecule has 8 heteroatoms. The van der Waals surface area contributed by atoms with Gasteiger partial charge in [-0.1, -0.05) is 48.5 Å². The van der Waals surface area contributed by atoms with Gasteiger partial charge < -0.3 is 15.5 Å². The number of aromatic nitrogens is 2. The van der Waals surface area contributed by atoms with Gasteiger partial charge in [0.2, 0.25) is 5.91 Å².